The lowest BCUT2D eigenvalue weighted by Crippen LogP contribution is -1.98. The van der Waals surface area contributed by atoms with Gasteiger partial charge in [-0.05, 0) is 31.0 Å². The largest absolute Gasteiger partial charge is 0.423 e. The summed E-state index contributed by atoms with van der Waals surface area (Å²) in [7, 11) is 0. The molecular formula is C19H16O2. The Kier molecular flexibility index (Phi) is 3.44. The van der Waals surface area contributed by atoms with E-state index in [9.17, 15) is 4.79 Å². The first kappa shape index (κ1) is 13.4. The molecule has 0 fully saturated rings. The van der Waals surface area contributed by atoms with Crippen molar-refractivity contribution in [1.82, 2.24) is 0 Å². The minimum atomic E-state index is -0.330. The summed E-state index contributed by atoms with van der Waals surface area (Å²) in [6.45, 7) is 4.07. The standard InChI is InChI=1S/C19H16O2/c1-13-3-7-15(8-4-13)17-11-18(21-19(20)12-17)16-9-5-14(2)6-10-16/h3-12H,1-2H3. The molecule has 0 saturated carbocycles. The van der Waals surface area contributed by atoms with Crippen LogP contribution in [0.1, 0.15) is 11.1 Å². The summed E-state index contributed by atoms with van der Waals surface area (Å²) in [5.74, 6) is 0.595. The predicted octanol–water partition coefficient (Wildman–Crippen LogP) is 4.59. The number of hydrogen-bond acceptors (Lipinski definition) is 2. The Hall–Kier alpha value is -2.61. The number of rotatable bonds is 2. The molecule has 0 saturated heterocycles. The highest BCUT2D eigenvalue weighted by Gasteiger charge is 2.06. The van der Waals surface area contributed by atoms with Gasteiger partial charge in [0.2, 0.25) is 0 Å². The van der Waals surface area contributed by atoms with Gasteiger partial charge in [0.05, 0.1) is 0 Å². The van der Waals surface area contributed by atoms with Gasteiger partial charge in [0.1, 0.15) is 5.76 Å². The minimum Gasteiger partial charge on any atom is -0.423 e. The molecule has 0 atom stereocenters. The first-order valence-electron chi connectivity index (χ1n) is 6.91. The summed E-state index contributed by atoms with van der Waals surface area (Å²) < 4.78 is 5.33. The Labute approximate surface area is 123 Å². The maximum absolute atomic E-state index is 11.8. The van der Waals surface area contributed by atoms with Gasteiger partial charge < -0.3 is 4.42 Å². The van der Waals surface area contributed by atoms with Crippen LogP contribution >= 0.6 is 0 Å². The first-order valence-corrected chi connectivity index (χ1v) is 6.91. The monoisotopic (exact) mass is 276 g/mol. The van der Waals surface area contributed by atoms with E-state index in [0.29, 0.717) is 5.76 Å². The van der Waals surface area contributed by atoms with Crippen LogP contribution in [0.5, 0.6) is 0 Å². The van der Waals surface area contributed by atoms with Crippen LogP contribution in [0.25, 0.3) is 22.5 Å². The first-order chi connectivity index (χ1) is 10.1. The Morgan fingerprint density at radius 3 is 1.76 bits per heavy atom. The van der Waals surface area contributed by atoms with Crippen LogP contribution in [-0.2, 0) is 0 Å². The molecule has 0 aliphatic rings. The van der Waals surface area contributed by atoms with Crippen molar-refractivity contribution in [2.24, 2.45) is 0 Å². The van der Waals surface area contributed by atoms with Crippen LogP contribution in [0.3, 0.4) is 0 Å². The molecule has 2 nitrogen and oxygen atoms in total. The second-order valence-corrected chi connectivity index (χ2v) is 5.26. The van der Waals surface area contributed by atoms with Crippen LogP contribution in [0, 0.1) is 13.8 Å². The van der Waals surface area contributed by atoms with E-state index in [1.54, 1.807) is 0 Å². The maximum atomic E-state index is 11.8. The lowest BCUT2D eigenvalue weighted by Gasteiger charge is -2.05. The van der Waals surface area contributed by atoms with Crippen molar-refractivity contribution in [3.63, 3.8) is 0 Å². The molecule has 1 heterocycles. The third kappa shape index (κ3) is 2.95. The highest BCUT2D eigenvalue weighted by Crippen LogP contribution is 2.25. The third-order valence-electron chi connectivity index (χ3n) is 3.49. The van der Waals surface area contributed by atoms with E-state index in [1.165, 1.54) is 17.2 Å². The number of aryl methyl sites for hydroxylation is 2. The van der Waals surface area contributed by atoms with Crippen molar-refractivity contribution >= 4 is 0 Å². The molecule has 1 aromatic heterocycles. The van der Waals surface area contributed by atoms with E-state index >= 15 is 0 Å². The quantitative estimate of drug-likeness (QED) is 0.685. The Balaban J connectivity index is 2.10. The van der Waals surface area contributed by atoms with Crippen LogP contribution in [0.4, 0.5) is 0 Å². The summed E-state index contributed by atoms with van der Waals surface area (Å²) in [4.78, 5) is 11.8. The van der Waals surface area contributed by atoms with Gasteiger partial charge in [0.25, 0.3) is 0 Å². The molecule has 21 heavy (non-hydrogen) atoms. The molecule has 0 amide bonds. The van der Waals surface area contributed by atoms with E-state index in [0.717, 1.165) is 16.7 Å². The van der Waals surface area contributed by atoms with E-state index in [1.807, 2.05) is 68.4 Å². The summed E-state index contributed by atoms with van der Waals surface area (Å²) in [5, 5.41) is 0. The Bertz CT molecular complexity index is 743. The van der Waals surface area contributed by atoms with Gasteiger partial charge in [-0.3, -0.25) is 0 Å². The van der Waals surface area contributed by atoms with Gasteiger partial charge in [-0.2, -0.15) is 0 Å². The molecule has 0 aliphatic carbocycles. The molecular weight excluding hydrogens is 260 g/mol. The van der Waals surface area contributed by atoms with Crippen molar-refractivity contribution in [2.45, 2.75) is 13.8 Å². The zero-order chi connectivity index (χ0) is 14.8. The van der Waals surface area contributed by atoms with Crippen LogP contribution in [0.15, 0.2) is 69.9 Å². The van der Waals surface area contributed by atoms with Gasteiger partial charge in [-0.1, -0.05) is 59.7 Å². The van der Waals surface area contributed by atoms with Crippen LogP contribution < -0.4 is 5.63 Å². The van der Waals surface area contributed by atoms with Crippen molar-refractivity contribution in [3.8, 4) is 22.5 Å². The van der Waals surface area contributed by atoms with Crippen molar-refractivity contribution in [3.05, 3.63) is 82.2 Å². The molecule has 0 radical (unpaired) electrons. The van der Waals surface area contributed by atoms with Gasteiger partial charge in [-0.15, -0.1) is 0 Å². The second kappa shape index (κ2) is 5.41. The summed E-state index contributed by atoms with van der Waals surface area (Å²) in [6, 6.07) is 19.5. The van der Waals surface area contributed by atoms with E-state index in [-0.39, 0.29) is 5.63 Å². The molecule has 0 N–H and O–H groups in total. The highest BCUT2D eigenvalue weighted by atomic mass is 16.4. The fourth-order valence-corrected chi connectivity index (χ4v) is 2.25. The zero-order valence-corrected chi connectivity index (χ0v) is 12.1. The molecule has 0 spiro atoms. The SMILES string of the molecule is Cc1ccc(-c2cc(-c3ccc(C)cc3)oc(=O)c2)cc1. The predicted molar refractivity (Wildman–Crippen MR) is 85.3 cm³/mol. The maximum Gasteiger partial charge on any atom is 0.336 e. The van der Waals surface area contributed by atoms with Crippen molar-refractivity contribution in [1.29, 1.82) is 0 Å². The van der Waals surface area contributed by atoms with Crippen molar-refractivity contribution < 1.29 is 4.42 Å². The summed E-state index contributed by atoms with van der Waals surface area (Å²) >= 11 is 0. The van der Waals surface area contributed by atoms with Crippen LogP contribution in [-0.4, -0.2) is 0 Å². The van der Waals surface area contributed by atoms with Gasteiger partial charge in [-0.25, -0.2) is 4.79 Å². The summed E-state index contributed by atoms with van der Waals surface area (Å²) in [6.07, 6.45) is 0. The van der Waals surface area contributed by atoms with E-state index in [2.05, 4.69) is 0 Å². The smallest absolute Gasteiger partial charge is 0.336 e. The Morgan fingerprint density at radius 1 is 0.667 bits per heavy atom. The van der Waals surface area contributed by atoms with E-state index < -0.39 is 0 Å². The Morgan fingerprint density at radius 2 is 1.19 bits per heavy atom. The van der Waals surface area contributed by atoms with Gasteiger partial charge in [0.15, 0.2) is 0 Å². The highest BCUT2D eigenvalue weighted by molar-refractivity contribution is 5.69. The molecule has 0 aliphatic heterocycles. The molecule has 104 valence electrons. The zero-order valence-electron chi connectivity index (χ0n) is 12.1. The average Bonchev–Trinajstić information content (AvgIpc) is 2.48. The molecule has 3 rings (SSSR count). The summed E-state index contributed by atoms with van der Waals surface area (Å²) in [5.41, 5.74) is 4.84. The normalized spacial score (nSPS) is 10.6. The fraction of sp³-hybridized carbons (Fsp3) is 0.105. The third-order valence-corrected chi connectivity index (χ3v) is 3.49. The molecule has 2 aromatic carbocycles. The number of benzene rings is 2. The molecule has 3 aromatic rings. The molecule has 0 unspecified atom stereocenters. The lowest BCUT2D eigenvalue weighted by atomic mass is 10.0. The van der Waals surface area contributed by atoms with E-state index in [4.69, 9.17) is 4.42 Å². The second-order valence-electron chi connectivity index (χ2n) is 5.26. The van der Waals surface area contributed by atoms with Gasteiger partial charge in [0, 0.05) is 11.6 Å². The average molecular weight is 276 g/mol. The minimum absolute atomic E-state index is 0.330. The number of hydrogen-bond donors (Lipinski definition) is 0. The van der Waals surface area contributed by atoms with Crippen LogP contribution in [0.2, 0.25) is 0 Å². The molecule has 2 heteroatoms. The lowest BCUT2D eigenvalue weighted by molar-refractivity contribution is 0.526. The molecule has 0 bridgehead atoms. The topological polar surface area (TPSA) is 30.2 Å². The van der Waals surface area contributed by atoms with Crippen molar-refractivity contribution in [2.75, 3.05) is 0 Å². The fourth-order valence-electron chi connectivity index (χ4n) is 2.25. The van der Waals surface area contributed by atoms with Gasteiger partial charge >= 0.3 is 5.63 Å².